The van der Waals surface area contributed by atoms with E-state index in [1.54, 1.807) is 5.57 Å². The van der Waals surface area contributed by atoms with Crippen LogP contribution in [-0.4, -0.2) is 4.98 Å². The minimum absolute atomic E-state index is 0.322. The predicted molar refractivity (Wildman–Crippen MR) is 61.3 cm³/mol. The Morgan fingerprint density at radius 3 is 2.57 bits per heavy atom. The molecule has 0 unspecified atom stereocenters. The molecule has 1 aliphatic carbocycles. The third-order valence-electron chi connectivity index (χ3n) is 3.01. The fourth-order valence-electron chi connectivity index (χ4n) is 2.11. The number of hydrogen-bond donors (Lipinski definition) is 1. The molecule has 1 heteroatoms. The van der Waals surface area contributed by atoms with Crippen LogP contribution in [-0.2, 0) is 6.42 Å². The molecule has 0 aliphatic heterocycles. The zero-order valence-corrected chi connectivity index (χ0v) is 9.57. The van der Waals surface area contributed by atoms with E-state index in [9.17, 15) is 0 Å². The Morgan fingerprint density at radius 2 is 1.93 bits per heavy atom. The minimum atomic E-state index is 0.322. The van der Waals surface area contributed by atoms with Crippen molar-refractivity contribution in [1.82, 2.24) is 4.98 Å². The van der Waals surface area contributed by atoms with Crippen LogP contribution in [0.1, 0.15) is 44.1 Å². The summed E-state index contributed by atoms with van der Waals surface area (Å²) in [4.78, 5) is 3.42. The van der Waals surface area contributed by atoms with Crippen LogP contribution in [0.25, 0.3) is 6.08 Å². The summed E-state index contributed by atoms with van der Waals surface area (Å²) in [6.07, 6.45) is 4.74. The van der Waals surface area contributed by atoms with Crippen molar-refractivity contribution in [1.29, 1.82) is 0 Å². The Hall–Kier alpha value is -0.980. The number of aromatic amines is 1. The first kappa shape index (κ1) is 9.57. The van der Waals surface area contributed by atoms with Crippen molar-refractivity contribution < 1.29 is 0 Å². The van der Waals surface area contributed by atoms with Crippen LogP contribution >= 0.6 is 0 Å². The maximum atomic E-state index is 3.42. The van der Waals surface area contributed by atoms with Gasteiger partial charge in [-0.1, -0.05) is 32.4 Å². The van der Waals surface area contributed by atoms with Crippen LogP contribution in [0.15, 0.2) is 11.6 Å². The molecule has 0 saturated heterocycles. The largest absolute Gasteiger partial charge is 0.362 e. The molecule has 2 rings (SSSR count). The number of rotatable bonds is 0. The molecule has 0 saturated carbocycles. The van der Waals surface area contributed by atoms with Crippen LogP contribution in [0.2, 0.25) is 0 Å². The molecule has 0 fully saturated rings. The van der Waals surface area contributed by atoms with Crippen molar-refractivity contribution >= 4 is 6.08 Å². The second-order valence-corrected chi connectivity index (χ2v) is 5.31. The van der Waals surface area contributed by atoms with Gasteiger partial charge in [-0.3, -0.25) is 0 Å². The van der Waals surface area contributed by atoms with Crippen LogP contribution in [0.5, 0.6) is 0 Å². The van der Waals surface area contributed by atoms with Crippen LogP contribution in [0.3, 0.4) is 0 Å². The lowest BCUT2D eigenvalue weighted by Crippen LogP contribution is -2.12. The van der Waals surface area contributed by atoms with Gasteiger partial charge in [-0.05, 0) is 36.8 Å². The van der Waals surface area contributed by atoms with Gasteiger partial charge in [0.2, 0.25) is 0 Å². The normalized spacial score (nSPS) is 16.4. The van der Waals surface area contributed by atoms with Gasteiger partial charge in [-0.2, -0.15) is 0 Å². The highest BCUT2D eigenvalue weighted by molar-refractivity contribution is 5.60. The monoisotopic (exact) mass is 189 g/mol. The number of allylic oxidation sites excluding steroid dienone is 1. The number of aromatic nitrogens is 1. The molecule has 0 aromatic carbocycles. The van der Waals surface area contributed by atoms with Gasteiger partial charge in [-0.25, -0.2) is 0 Å². The molecule has 1 N–H and O–H groups in total. The Morgan fingerprint density at radius 1 is 1.21 bits per heavy atom. The second-order valence-electron chi connectivity index (χ2n) is 5.31. The summed E-state index contributed by atoms with van der Waals surface area (Å²) in [5.74, 6) is 0. The topological polar surface area (TPSA) is 15.8 Å². The fraction of sp³-hybridized carbons (Fsp3) is 0.538. The molecule has 1 aromatic rings. The number of fused-ring (bicyclic) bond motifs is 1. The summed E-state index contributed by atoms with van der Waals surface area (Å²) < 4.78 is 0. The molecular formula is C13H19N. The lowest BCUT2D eigenvalue weighted by Gasteiger charge is -2.25. The van der Waals surface area contributed by atoms with E-state index in [0.717, 1.165) is 0 Å². The standard InChI is InChI=1S/C13H19N/c1-9-7-10-8-11(13(2,3)4)5-6-12(10)14-9/h7-8,14H,5-6H2,1-4H3. The van der Waals surface area contributed by atoms with E-state index in [1.807, 2.05) is 0 Å². The van der Waals surface area contributed by atoms with Gasteiger partial charge < -0.3 is 4.98 Å². The molecule has 0 radical (unpaired) electrons. The van der Waals surface area contributed by atoms with Gasteiger partial charge in [0, 0.05) is 11.4 Å². The van der Waals surface area contributed by atoms with E-state index in [2.05, 4.69) is 44.8 Å². The summed E-state index contributed by atoms with van der Waals surface area (Å²) in [6.45, 7) is 9.01. The SMILES string of the molecule is Cc1cc2c([nH]1)CCC(C(C)(C)C)=C2. The Bertz CT molecular complexity index is 374. The maximum absolute atomic E-state index is 3.42. The summed E-state index contributed by atoms with van der Waals surface area (Å²) >= 11 is 0. The average molecular weight is 189 g/mol. The van der Waals surface area contributed by atoms with Crippen LogP contribution < -0.4 is 0 Å². The maximum Gasteiger partial charge on any atom is 0.0225 e. The average Bonchev–Trinajstić information content (AvgIpc) is 2.41. The van der Waals surface area contributed by atoms with Gasteiger partial charge in [0.15, 0.2) is 0 Å². The summed E-state index contributed by atoms with van der Waals surface area (Å²) in [6, 6.07) is 2.25. The first-order valence-electron chi connectivity index (χ1n) is 5.36. The van der Waals surface area contributed by atoms with E-state index < -0.39 is 0 Å². The van der Waals surface area contributed by atoms with Gasteiger partial charge in [0.1, 0.15) is 0 Å². The van der Waals surface area contributed by atoms with Crippen LogP contribution in [0.4, 0.5) is 0 Å². The first-order valence-corrected chi connectivity index (χ1v) is 5.36. The molecule has 1 aliphatic rings. The molecule has 14 heavy (non-hydrogen) atoms. The van der Waals surface area contributed by atoms with E-state index >= 15 is 0 Å². The van der Waals surface area contributed by atoms with E-state index in [4.69, 9.17) is 0 Å². The Kier molecular flexibility index (Phi) is 2.06. The Balaban J connectivity index is 2.40. The lowest BCUT2D eigenvalue weighted by molar-refractivity contribution is 0.483. The van der Waals surface area contributed by atoms with Crippen molar-refractivity contribution in [3.63, 3.8) is 0 Å². The van der Waals surface area contributed by atoms with Crippen molar-refractivity contribution in [3.05, 3.63) is 28.6 Å². The van der Waals surface area contributed by atoms with E-state index in [-0.39, 0.29) is 0 Å². The summed E-state index contributed by atoms with van der Waals surface area (Å²) in [5, 5.41) is 0. The third kappa shape index (κ3) is 1.63. The first-order chi connectivity index (χ1) is 6.47. The highest BCUT2D eigenvalue weighted by Gasteiger charge is 2.21. The van der Waals surface area contributed by atoms with E-state index in [1.165, 1.54) is 29.8 Å². The smallest absolute Gasteiger partial charge is 0.0225 e. The zero-order valence-electron chi connectivity index (χ0n) is 9.57. The molecule has 1 heterocycles. The molecule has 0 bridgehead atoms. The number of H-pyrrole nitrogens is 1. The minimum Gasteiger partial charge on any atom is -0.362 e. The lowest BCUT2D eigenvalue weighted by atomic mass is 9.80. The van der Waals surface area contributed by atoms with Crippen molar-refractivity contribution in [3.8, 4) is 0 Å². The van der Waals surface area contributed by atoms with Crippen LogP contribution in [0, 0.1) is 12.3 Å². The molecule has 0 spiro atoms. The summed E-state index contributed by atoms with van der Waals surface area (Å²) in [7, 11) is 0. The highest BCUT2D eigenvalue weighted by atomic mass is 14.7. The fourth-order valence-corrected chi connectivity index (χ4v) is 2.11. The van der Waals surface area contributed by atoms with Gasteiger partial charge in [0.05, 0.1) is 0 Å². The zero-order chi connectivity index (χ0) is 10.3. The molecule has 1 nitrogen and oxygen atoms in total. The van der Waals surface area contributed by atoms with Crippen molar-refractivity contribution in [2.24, 2.45) is 5.41 Å². The Labute approximate surface area is 86.2 Å². The molecular weight excluding hydrogens is 170 g/mol. The quantitative estimate of drug-likeness (QED) is 0.640. The van der Waals surface area contributed by atoms with Gasteiger partial charge in [-0.15, -0.1) is 0 Å². The number of nitrogens with one attached hydrogen (secondary N) is 1. The number of hydrogen-bond acceptors (Lipinski definition) is 0. The van der Waals surface area contributed by atoms with E-state index in [0.29, 0.717) is 5.41 Å². The number of aryl methyl sites for hydroxylation is 2. The van der Waals surface area contributed by atoms with Crippen molar-refractivity contribution in [2.75, 3.05) is 0 Å². The van der Waals surface area contributed by atoms with Gasteiger partial charge >= 0.3 is 0 Å². The molecule has 0 amide bonds. The molecule has 0 atom stereocenters. The summed E-state index contributed by atoms with van der Waals surface area (Å²) in [5.41, 5.74) is 5.99. The third-order valence-corrected chi connectivity index (χ3v) is 3.01. The molecule has 1 aromatic heterocycles. The second kappa shape index (κ2) is 3.01. The highest BCUT2D eigenvalue weighted by Crippen LogP contribution is 2.35. The van der Waals surface area contributed by atoms with Gasteiger partial charge in [0.25, 0.3) is 0 Å². The predicted octanol–water partition coefficient (Wildman–Crippen LogP) is 3.70. The molecule has 76 valence electrons. The van der Waals surface area contributed by atoms with Crippen molar-refractivity contribution in [2.45, 2.75) is 40.5 Å².